The fourth-order valence-electron chi connectivity index (χ4n) is 5.05. The molecule has 2 aliphatic rings. The number of carbonyl (C=O) groups is 1. The highest BCUT2D eigenvalue weighted by atomic mass is 16.1. The van der Waals surface area contributed by atoms with Gasteiger partial charge in [0.2, 0.25) is 0 Å². The number of fused-ring (bicyclic) bond motifs is 2. The molecule has 0 saturated carbocycles. The number of nitrogens with one attached hydrogen (secondary N) is 2. The lowest BCUT2D eigenvalue weighted by atomic mass is 9.90. The van der Waals surface area contributed by atoms with Crippen LogP contribution in [0.3, 0.4) is 0 Å². The number of nitrogens with zero attached hydrogens (tertiary/aromatic N) is 3. The van der Waals surface area contributed by atoms with Crippen LogP contribution >= 0.6 is 0 Å². The highest BCUT2D eigenvalue weighted by Crippen LogP contribution is 2.27. The van der Waals surface area contributed by atoms with Crippen molar-refractivity contribution in [3.63, 3.8) is 0 Å². The van der Waals surface area contributed by atoms with Gasteiger partial charge in [0.1, 0.15) is 0 Å². The minimum atomic E-state index is -0.0887. The van der Waals surface area contributed by atoms with Crippen molar-refractivity contribution in [2.75, 3.05) is 0 Å². The lowest BCUT2D eigenvalue weighted by Gasteiger charge is -2.27. The summed E-state index contributed by atoms with van der Waals surface area (Å²) in [5.41, 5.74) is 6.90. The molecule has 0 unspecified atom stereocenters. The van der Waals surface area contributed by atoms with E-state index in [9.17, 15) is 4.79 Å². The zero-order chi connectivity index (χ0) is 21.2. The average Bonchev–Trinajstić information content (AvgIpc) is 3.38. The zero-order valence-electron chi connectivity index (χ0n) is 18.0. The Balaban J connectivity index is 1.28. The van der Waals surface area contributed by atoms with Crippen LogP contribution in [0.5, 0.6) is 0 Å². The van der Waals surface area contributed by atoms with Crippen molar-refractivity contribution < 1.29 is 4.79 Å². The number of hydrogen-bond acceptors (Lipinski definition) is 4. The van der Waals surface area contributed by atoms with Crippen molar-refractivity contribution >= 4 is 5.91 Å². The molecule has 2 heterocycles. The van der Waals surface area contributed by atoms with Crippen LogP contribution in [0.4, 0.5) is 0 Å². The second-order valence-electron chi connectivity index (χ2n) is 8.61. The van der Waals surface area contributed by atoms with Crippen molar-refractivity contribution in [2.24, 2.45) is 0 Å². The van der Waals surface area contributed by atoms with Gasteiger partial charge in [-0.05, 0) is 67.9 Å². The van der Waals surface area contributed by atoms with E-state index >= 15 is 0 Å². The first-order valence-corrected chi connectivity index (χ1v) is 11.3. The van der Waals surface area contributed by atoms with E-state index in [1.807, 2.05) is 16.8 Å². The smallest absolute Gasteiger partial charge is 0.272 e. The Bertz CT molecular complexity index is 1050. The summed E-state index contributed by atoms with van der Waals surface area (Å²) in [5, 5.41) is 11.6. The van der Waals surface area contributed by atoms with E-state index in [1.165, 1.54) is 16.8 Å². The molecule has 2 aliphatic carbocycles. The molecule has 1 atom stereocenters. The van der Waals surface area contributed by atoms with E-state index in [2.05, 4.69) is 51.9 Å². The van der Waals surface area contributed by atoms with Gasteiger partial charge in [-0.3, -0.25) is 14.5 Å². The third kappa shape index (κ3) is 4.12. The van der Waals surface area contributed by atoms with Crippen molar-refractivity contribution in [3.8, 4) is 0 Å². The van der Waals surface area contributed by atoms with Gasteiger partial charge in [-0.25, -0.2) is 0 Å². The Hall–Kier alpha value is -2.99. The number of pyridine rings is 1. The van der Waals surface area contributed by atoms with Crippen LogP contribution in [0, 0.1) is 0 Å². The number of amides is 1. The Kier molecular flexibility index (Phi) is 5.55. The van der Waals surface area contributed by atoms with Crippen molar-refractivity contribution in [1.82, 2.24) is 25.4 Å². The van der Waals surface area contributed by atoms with Crippen LogP contribution in [-0.4, -0.2) is 32.8 Å². The summed E-state index contributed by atoms with van der Waals surface area (Å²) in [6.45, 7) is 3.36. The van der Waals surface area contributed by atoms with Crippen LogP contribution in [0.15, 0.2) is 48.8 Å². The van der Waals surface area contributed by atoms with Gasteiger partial charge in [-0.1, -0.05) is 24.3 Å². The third-order valence-corrected chi connectivity index (χ3v) is 6.59. The van der Waals surface area contributed by atoms with Gasteiger partial charge in [0, 0.05) is 48.8 Å². The number of rotatable bonds is 6. The molecule has 160 valence electrons. The molecule has 1 aromatic carbocycles. The number of hydrogen-bond donors (Lipinski definition) is 2. The molecule has 0 fully saturated rings. The van der Waals surface area contributed by atoms with E-state index in [-0.39, 0.29) is 5.91 Å². The lowest BCUT2D eigenvalue weighted by Crippen LogP contribution is -2.42. The van der Waals surface area contributed by atoms with Gasteiger partial charge in [-0.15, -0.1) is 0 Å². The molecule has 0 saturated heterocycles. The molecule has 5 rings (SSSR count). The summed E-state index contributed by atoms with van der Waals surface area (Å²) in [4.78, 5) is 17.0. The Morgan fingerprint density at radius 3 is 2.52 bits per heavy atom. The molecule has 3 aromatic rings. The van der Waals surface area contributed by atoms with Gasteiger partial charge >= 0.3 is 0 Å². The standard InChI is InChI=1S/C25H29N5O/c1-2-30-23-8-7-20(28-21-13-18-5-3-4-6-19(18)14-21)15-22(23)24(29-30)25(31)27-16-17-9-11-26-12-10-17/h3-6,9-12,20-21,28H,2,7-8,13-16H2,1H3,(H,27,31)/t20-/m1/s1. The number of aryl methyl sites for hydroxylation is 1. The molecule has 2 aromatic heterocycles. The summed E-state index contributed by atoms with van der Waals surface area (Å²) in [6.07, 6.45) is 8.58. The van der Waals surface area contributed by atoms with E-state index < -0.39 is 0 Å². The molecule has 0 bridgehead atoms. The molecule has 31 heavy (non-hydrogen) atoms. The van der Waals surface area contributed by atoms with Gasteiger partial charge < -0.3 is 10.6 Å². The maximum absolute atomic E-state index is 13.0. The lowest BCUT2D eigenvalue weighted by molar-refractivity contribution is 0.0944. The van der Waals surface area contributed by atoms with E-state index in [0.29, 0.717) is 24.3 Å². The van der Waals surface area contributed by atoms with Crippen molar-refractivity contribution in [2.45, 2.75) is 64.2 Å². The number of aromatic nitrogens is 3. The second kappa shape index (κ2) is 8.63. The maximum atomic E-state index is 13.0. The molecule has 0 radical (unpaired) electrons. The predicted octanol–water partition coefficient (Wildman–Crippen LogP) is 2.84. The van der Waals surface area contributed by atoms with Crippen molar-refractivity contribution in [1.29, 1.82) is 0 Å². The first-order chi connectivity index (χ1) is 15.2. The minimum absolute atomic E-state index is 0.0887. The summed E-state index contributed by atoms with van der Waals surface area (Å²) in [5.74, 6) is -0.0887. The Morgan fingerprint density at radius 2 is 1.81 bits per heavy atom. The Labute approximate surface area is 183 Å². The van der Waals surface area contributed by atoms with E-state index in [0.717, 1.165) is 49.8 Å². The van der Waals surface area contributed by atoms with Crippen molar-refractivity contribution in [3.05, 3.63) is 82.4 Å². The highest BCUT2D eigenvalue weighted by Gasteiger charge is 2.31. The van der Waals surface area contributed by atoms with Gasteiger partial charge in [0.25, 0.3) is 5.91 Å². The molecule has 6 heteroatoms. The Morgan fingerprint density at radius 1 is 1.06 bits per heavy atom. The van der Waals surface area contributed by atoms with Crippen LogP contribution in [0.1, 0.15) is 51.8 Å². The fourth-order valence-corrected chi connectivity index (χ4v) is 5.05. The normalized spacial score (nSPS) is 17.9. The SMILES string of the molecule is CCn1nc(C(=O)NCc2ccncc2)c2c1CC[C@@H](NC1Cc3ccccc3C1)C2. The highest BCUT2D eigenvalue weighted by molar-refractivity contribution is 5.94. The summed E-state index contributed by atoms with van der Waals surface area (Å²) in [7, 11) is 0. The number of benzene rings is 1. The molecule has 0 spiro atoms. The zero-order valence-corrected chi connectivity index (χ0v) is 18.0. The predicted molar refractivity (Wildman–Crippen MR) is 120 cm³/mol. The van der Waals surface area contributed by atoms with Crippen LogP contribution in [-0.2, 0) is 38.8 Å². The topological polar surface area (TPSA) is 71.8 Å². The van der Waals surface area contributed by atoms with Gasteiger partial charge in [-0.2, -0.15) is 5.10 Å². The molecule has 6 nitrogen and oxygen atoms in total. The average molecular weight is 416 g/mol. The molecular formula is C25H29N5O. The molecular weight excluding hydrogens is 386 g/mol. The second-order valence-corrected chi connectivity index (χ2v) is 8.61. The van der Waals surface area contributed by atoms with E-state index in [1.54, 1.807) is 12.4 Å². The summed E-state index contributed by atoms with van der Waals surface area (Å²) >= 11 is 0. The first kappa shape index (κ1) is 19.9. The van der Waals surface area contributed by atoms with Crippen LogP contribution < -0.4 is 10.6 Å². The fraction of sp³-hybridized carbons (Fsp3) is 0.400. The first-order valence-electron chi connectivity index (χ1n) is 11.3. The monoisotopic (exact) mass is 415 g/mol. The molecule has 0 aliphatic heterocycles. The number of carbonyl (C=O) groups excluding carboxylic acids is 1. The van der Waals surface area contributed by atoms with Crippen LogP contribution in [0.25, 0.3) is 0 Å². The van der Waals surface area contributed by atoms with Crippen LogP contribution in [0.2, 0.25) is 0 Å². The largest absolute Gasteiger partial charge is 0.347 e. The van der Waals surface area contributed by atoms with Gasteiger partial charge in [0.05, 0.1) is 0 Å². The quantitative estimate of drug-likeness (QED) is 0.649. The third-order valence-electron chi connectivity index (χ3n) is 6.59. The molecule has 2 N–H and O–H groups in total. The van der Waals surface area contributed by atoms with Gasteiger partial charge in [0.15, 0.2) is 5.69 Å². The summed E-state index contributed by atoms with van der Waals surface area (Å²) in [6, 6.07) is 13.4. The molecule has 1 amide bonds. The maximum Gasteiger partial charge on any atom is 0.272 e. The summed E-state index contributed by atoms with van der Waals surface area (Å²) < 4.78 is 2.01. The van der Waals surface area contributed by atoms with E-state index in [4.69, 9.17) is 0 Å². The minimum Gasteiger partial charge on any atom is -0.347 e.